The van der Waals surface area contributed by atoms with Gasteiger partial charge in [-0.3, -0.25) is 0 Å². The molecule has 0 saturated carbocycles. The van der Waals surface area contributed by atoms with Gasteiger partial charge in [0.25, 0.3) is 0 Å². The number of benzene rings is 6. The number of para-hydroxylation sites is 1. The predicted octanol–water partition coefficient (Wildman–Crippen LogP) is 11.0. The van der Waals surface area contributed by atoms with E-state index in [-0.39, 0.29) is 10.8 Å². The summed E-state index contributed by atoms with van der Waals surface area (Å²) >= 11 is 0. The highest BCUT2D eigenvalue weighted by Gasteiger charge is 2.39. The van der Waals surface area contributed by atoms with Crippen LogP contribution in [-0.2, 0) is 10.8 Å². The molecule has 0 bridgehead atoms. The van der Waals surface area contributed by atoms with Gasteiger partial charge in [-0.1, -0.05) is 94.8 Å². The van der Waals surface area contributed by atoms with Crippen LogP contribution < -0.4 is 0 Å². The SMILES string of the molecule is Cc1cc(C)c(-n2c3ccccc3c3cc4ccc5cc6c(c7ccc(c4c57)c32)-c2nc(C(C)(C)C)ncc2C6(C)C)c(C)c1. The zero-order chi connectivity index (χ0) is 31.2. The monoisotopic (exact) mass is 583 g/mol. The lowest BCUT2D eigenvalue weighted by Gasteiger charge is -2.23. The number of hydrogen-bond acceptors (Lipinski definition) is 2. The predicted molar refractivity (Wildman–Crippen MR) is 191 cm³/mol. The van der Waals surface area contributed by atoms with Gasteiger partial charge in [0.1, 0.15) is 5.82 Å². The van der Waals surface area contributed by atoms with Gasteiger partial charge in [0, 0.05) is 44.3 Å². The Hall–Kier alpha value is -4.76. The van der Waals surface area contributed by atoms with E-state index in [1.807, 2.05) is 0 Å². The summed E-state index contributed by atoms with van der Waals surface area (Å²) in [5.41, 5.74) is 12.3. The fourth-order valence-corrected chi connectivity index (χ4v) is 8.44. The Morgan fingerprint density at radius 2 is 1.36 bits per heavy atom. The van der Waals surface area contributed by atoms with E-state index in [9.17, 15) is 0 Å². The molecule has 2 aromatic heterocycles. The molecule has 0 saturated heterocycles. The highest BCUT2D eigenvalue weighted by molar-refractivity contribution is 6.33. The molecule has 3 heteroatoms. The van der Waals surface area contributed by atoms with Crippen molar-refractivity contribution in [2.24, 2.45) is 0 Å². The van der Waals surface area contributed by atoms with Gasteiger partial charge in [-0.05, 0) is 82.6 Å². The van der Waals surface area contributed by atoms with E-state index in [0.29, 0.717) is 0 Å². The lowest BCUT2D eigenvalue weighted by molar-refractivity contribution is 0.542. The molecular formula is C42H37N3. The molecule has 0 aliphatic heterocycles. The van der Waals surface area contributed by atoms with Crippen molar-refractivity contribution in [3.05, 3.63) is 113 Å². The van der Waals surface area contributed by atoms with E-state index < -0.39 is 0 Å². The van der Waals surface area contributed by atoms with Crippen LogP contribution in [0.4, 0.5) is 0 Å². The van der Waals surface area contributed by atoms with Gasteiger partial charge in [-0.15, -0.1) is 0 Å². The second kappa shape index (κ2) is 8.48. The van der Waals surface area contributed by atoms with E-state index in [2.05, 4.69) is 139 Å². The van der Waals surface area contributed by atoms with Crippen molar-refractivity contribution in [2.45, 2.75) is 66.2 Å². The summed E-state index contributed by atoms with van der Waals surface area (Å²) in [6.07, 6.45) is 2.09. The van der Waals surface area contributed by atoms with Crippen LogP contribution in [0.1, 0.15) is 68.3 Å². The average Bonchev–Trinajstić information content (AvgIpc) is 3.43. The average molecular weight is 584 g/mol. The second-order valence-corrected chi connectivity index (χ2v) is 14.9. The lowest BCUT2D eigenvalue weighted by Crippen LogP contribution is -2.19. The van der Waals surface area contributed by atoms with Crippen LogP contribution in [0.3, 0.4) is 0 Å². The number of fused-ring (bicyclic) bond motifs is 8. The van der Waals surface area contributed by atoms with Crippen LogP contribution in [0.2, 0.25) is 0 Å². The standard InChI is InChI=1S/C42H37N3/c1-22-17-23(2)38(24(3)18-22)45-33-12-10-9-11-27(33)30-19-25-13-14-26-20-31-36(28-15-16-29(39(30)45)35(25)34(26)28)37-32(42(31,7)8)21-43-40(44-37)41(4,5)6/h9-21H,1-8H3. The molecule has 6 aromatic carbocycles. The lowest BCUT2D eigenvalue weighted by atomic mass is 9.81. The molecular weight excluding hydrogens is 546 g/mol. The Bertz CT molecular complexity index is 2550. The minimum absolute atomic E-state index is 0.128. The van der Waals surface area contributed by atoms with Gasteiger partial charge < -0.3 is 4.57 Å². The van der Waals surface area contributed by atoms with Crippen molar-refractivity contribution in [3.63, 3.8) is 0 Å². The Labute approximate surface area is 263 Å². The van der Waals surface area contributed by atoms with Gasteiger partial charge in [0.05, 0.1) is 22.4 Å². The zero-order valence-corrected chi connectivity index (χ0v) is 27.3. The third-order valence-corrected chi connectivity index (χ3v) is 10.4. The quantitative estimate of drug-likeness (QED) is 0.180. The Balaban J connectivity index is 1.47. The number of aryl methyl sites for hydroxylation is 3. The van der Waals surface area contributed by atoms with Crippen molar-refractivity contribution in [1.29, 1.82) is 0 Å². The molecule has 1 aliphatic carbocycles. The topological polar surface area (TPSA) is 30.7 Å². The zero-order valence-electron chi connectivity index (χ0n) is 27.3. The first-order valence-electron chi connectivity index (χ1n) is 16.1. The molecule has 0 spiro atoms. The maximum Gasteiger partial charge on any atom is 0.134 e. The third kappa shape index (κ3) is 3.36. The fourth-order valence-electron chi connectivity index (χ4n) is 8.44. The van der Waals surface area contributed by atoms with Crippen molar-refractivity contribution in [2.75, 3.05) is 0 Å². The normalized spacial score (nSPS) is 14.4. The molecule has 0 unspecified atom stereocenters. The second-order valence-electron chi connectivity index (χ2n) is 14.9. The van der Waals surface area contributed by atoms with E-state index in [1.165, 1.54) is 93.2 Å². The molecule has 220 valence electrons. The minimum atomic E-state index is -0.175. The van der Waals surface area contributed by atoms with E-state index >= 15 is 0 Å². The van der Waals surface area contributed by atoms with Crippen LogP contribution in [0.5, 0.6) is 0 Å². The van der Waals surface area contributed by atoms with Crippen molar-refractivity contribution in [3.8, 4) is 16.9 Å². The summed E-state index contributed by atoms with van der Waals surface area (Å²) in [5.74, 6) is 0.894. The number of hydrogen-bond donors (Lipinski definition) is 0. The Morgan fingerprint density at radius 1 is 0.689 bits per heavy atom. The molecule has 0 fully saturated rings. The first-order valence-corrected chi connectivity index (χ1v) is 16.1. The highest BCUT2D eigenvalue weighted by Crippen LogP contribution is 2.53. The summed E-state index contributed by atoms with van der Waals surface area (Å²) in [6.45, 7) is 17.9. The number of nitrogens with zero attached hydrogens (tertiary/aromatic N) is 3. The van der Waals surface area contributed by atoms with Crippen LogP contribution in [-0.4, -0.2) is 14.5 Å². The van der Waals surface area contributed by atoms with Crippen LogP contribution in [0.15, 0.2) is 79.0 Å². The molecule has 0 atom stereocenters. The molecule has 1 aliphatic rings. The molecule has 45 heavy (non-hydrogen) atoms. The van der Waals surface area contributed by atoms with Crippen LogP contribution in [0, 0.1) is 20.8 Å². The van der Waals surface area contributed by atoms with Gasteiger partial charge in [-0.25, -0.2) is 9.97 Å². The van der Waals surface area contributed by atoms with Gasteiger partial charge in [0.15, 0.2) is 0 Å². The van der Waals surface area contributed by atoms with E-state index in [0.717, 1.165) is 11.5 Å². The first kappa shape index (κ1) is 26.6. The Kier molecular flexibility index (Phi) is 5.02. The summed E-state index contributed by atoms with van der Waals surface area (Å²) in [7, 11) is 0. The smallest absolute Gasteiger partial charge is 0.134 e. The van der Waals surface area contributed by atoms with E-state index in [1.54, 1.807) is 0 Å². The highest BCUT2D eigenvalue weighted by atomic mass is 15.0. The molecule has 0 N–H and O–H groups in total. The number of rotatable bonds is 1. The van der Waals surface area contributed by atoms with Gasteiger partial charge in [0.2, 0.25) is 0 Å². The largest absolute Gasteiger partial charge is 0.308 e. The van der Waals surface area contributed by atoms with Crippen molar-refractivity contribution < 1.29 is 0 Å². The minimum Gasteiger partial charge on any atom is -0.308 e. The molecule has 0 amide bonds. The maximum absolute atomic E-state index is 5.29. The maximum atomic E-state index is 5.29. The fraction of sp³-hybridized carbons (Fsp3) is 0.238. The van der Waals surface area contributed by atoms with Crippen molar-refractivity contribution >= 4 is 54.1 Å². The number of aromatic nitrogens is 3. The summed E-state index contributed by atoms with van der Waals surface area (Å²) < 4.78 is 2.53. The molecule has 8 aromatic rings. The van der Waals surface area contributed by atoms with Gasteiger partial charge in [-0.2, -0.15) is 0 Å². The van der Waals surface area contributed by atoms with Crippen LogP contribution >= 0.6 is 0 Å². The molecule has 0 radical (unpaired) electrons. The molecule has 2 heterocycles. The molecule has 3 nitrogen and oxygen atoms in total. The summed E-state index contributed by atoms with van der Waals surface area (Å²) in [5, 5.41) is 10.4. The summed E-state index contributed by atoms with van der Waals surface area (Å²) in [6, 6.07) is 27.8. The van der Waals surface area contributed by atoms with Gasteiger partial charge >= 0.3 is 0 Å². The van der Waals surface area contributed by atoms with E-state index in [4.69, 9.17) is 9.97 Å². The van der Waals surface area contributed by atoms with Crippen LogP contribution in [0.25, 0.3) is 71.1 Å². The third-order valence-electron chi connectivity index (χ3n) is 10.4. The molecule has 9 rings (SSSR count). The summed E-state index contributed by atoms with van der Waals surface area (Å²) in [4.78, 5) is 10.2. The first-order chi connectivity index (χ1) is 21.4. The van der Waals surface area contributed by atoms with Crippen molar-refractivity contribution in [1.82, 2.24) is 14.5 Å². The Morgan fingerprint density at radius 3 is 2.09 bits per heavy atom.